The van der Waals surface area contributed by atoms with Gasteiger partial charge in [-0.05, 0) is 31.9 Å². The summed E-state index contributed by atoms with van der Waals surface area (Å²) in [4.78, 5) is 10.5. The minimum atomic E-state index is -3.52. The molecule has 0 spiro atoms. The number of nitrogens with two attached hydrogens (primary N) is 1. The van der Waals surface area contributed by atoms with E-state index in [9.17, 15) is 13.2 Å². The van der Waals surface area contributed by atoms with Gasteiger partial charge >= 0.3 is 0 Å². The van der Waals surface area contributed by atoms with Crippen LogP contribution in [0.25, 0.3) is 0 Å². The van der Waals surface area contributed by atoms with Crippen molar-refractivity contribution >= 4 is 15.9 Å². The molecule has 3 N–H and O–H groups in total. The molecule has 6 heteroatoms. The van der Waals surface area contributed by atoms with Crippen LogP contribution in [-0.4, -0.2) is 20.9 Å². The van der Waals surface area contributed by atoms with Crippen LogP contribution in [-0.2, 0) is 14.8 Å². The van der Waals surface area contributed by atoms with E-state index in [1.165, 1.54) is 12.1 Å². The third kappa shape index (κ3) is 5.29. The summed E-state index contributed by atoms with van der Waals surface area (Å²) >= 11 is 0. The van der Waals surface area contributed by atoms with Crippen LogP contribution in [0, 0.1) is 6.92 Å². The summed E-state index contributed by atoms with van der Waals surface area (Å²) in [6, 6.07) is 6.40. The van der Waals surface area contributed by atoms with E-state index >= 15 is 0 Å². The second kappa shape index (κ2) is 6.51. The number of piperidine rings is 1. The maximum absolute atomic E-state index is 10.7. The van der Waals surface area contributed by atoms with E-state index in [1.807, 2.05) is 6.92 Å². The fourth-order valence-electron chi connectivity index (χ4n) is 1.45. The Hall–Kier alpha value is -1.40. The average molecular weight is 270 g/mol. The molecule has 0 radical (unpaired) electrons. The standard InChI is InChI=1S/C7H9NO2S.C5H9NO/c1-6-2-4-7(5-3-6)11(8,9)10;7-5-3-1-2-4-6-5/h2-5H,1H3,(H2,8,9,10);1-4H2,(H,6,7). The van der Waals surface area contributed by atoms with Gasteiger partial charge in [0.1, 0.15) is 0 Å². The molecule has 2 rings (SSSR count). The van der Waals surface area contributed by atoms with Crippen LogP contribution >= 0.6 is 0 Å². The number of benzene rings is 1. The summed E-state index contributed by atoms with van der Waals surface area (Å²) in [6.07, 6.45) is 2.97. The lowest BCUT2D eigenvalue weighted by molar-refractivity contribution is -0.122. The van der Waals surface area contributed by atoms with Gasteiger partial charge in [-0.3, -0.25) is 4.79 Å². The Balaban J connectivity index is 0.000000199. The van der Waals surface area contributed by atoms with Gasteiger partial charge in [0.25, 0.3) is 0 Å². The van der Waals surface area contributed by atoms with Gasteiger partial charge < -0.3 is 5.32 Å². The molecule has 1 aliphatic heterocycles. The summed E-state index contributed by atoms with van der Waals surface area (Å²) in [5, 5.41) is 7.62. The monoisotopic (exact) mass is 270 g/mol. The number of primary sulfonamides is 1. The van der Waals surface area contributed by atoms with Gasteiger partial charge in [-0.2, -0.15) is 0 Å². The quantitative estimate of drug-likeness (QED) is 0.795. The molecular weight excluding hydrogens is 252 g/mol. The number of sulfonamides is 1. The molecule has 0 aliphatic carbocycles. The van der Waals surface area contributed by atoms with Crippen molar-refractivity contribution in [2.75, 3.05) is 6.54 Å². The van der Waals surface area contributed by atoms with Crippen molar-refractivity contribution in [2.45, 2.75) is 31.1 Å². The molecule has 0 atom stereocenters. The second-order valence-electron chi connectivity index (χ2n) is 4.17. The molecule has 1 aromatic rings. The number of nitrogens with one attached hydrogen (secondary N) is 1. The first kappa shape index (κ1) is 14.7. The van der Waals surface area contributed by atoms with Crippen molar-refractivity contribution in [2.24, 2.45) is 5.14 Å². The minimum Gasteiger partial charge on any atom is -0.356 e. The SMILES string of the molecule is Cc1ccc(S(N)(=O)=O)cc1.O=C1CCCCN1. The number of carbonyl (C=O) groups excluding carboxylic acids is 1. The lowest BCUT2D eigenvalue weighted by Crippen LogP contribution is -2.28. The van der Waals surface area contributed by atoms with Crippen molar-refractivity contribution in [3.8, 4) is 0 Å². The topological polar surface area (TPSA) is 89.3 Å². The van der Waals surface area contributed by atoms with Crippen molar-refractivity contribution in [1.29, 1.82) is 0 Å². The molecule has 1 aromatic carbocycles. The normalized spacial score (nSPS) is 15.3. The number of amides is 1. The molecule has 0 bridgehead atoms. The van der Waals surface area contributed by atoms with Gasteiger partial charge in [-0.25, -0.2) is 13.6 Å². The number of carbonyl (C=O) groups is 1. The third-order valence-electron chi connectivity index (χ3n) is 2.50. The van der Waals surface area contributed by atoms with Gasteiger partial charge in [0.15, 0.2) is 0 Å². The summed E-state index contributed by atoms with van der Waals surface area (Å²) in [5.74, 6) is 0.214. The highest BCUT2D eigenvalue weighted by atomic mass is 32.2. The number of rotatable bonds is 1. The highest BCUT2D eigenvalue weighted by Crippen LogP contribution is 2.06. The van der Waals surface area contributed by atoms with Gasteiger partial charge in [-0.1, -0.05) is 17.7 Å². The highest BCUT2D eigenvalue weighted by molar-refractivity contribution is 7.89. The molecule has 1 amide bonds. The van der Waals surface area contributed by atoms with Crippen molar-refractivity contribution in [3.63, 3.8) is 0 Å². The molecule has 5 nitrogen and oxygen atoms in total. The van der Waals surface area contributed by atoms with Crippen LogP contribution in [0.1, 0.15) is 24.8 Å². The summed E-state index contributed by atoms with van der Waals surface area (Å²) in [5.41, 5.74) is 1.01. The first-order valence-electron chi connectivity index (χ1n) is 5.76. The van der Waals surface area contributed by atoms with Crippen LogP contribution in [0.3, 0.4) is 0 Å². The van der Waals surface area contributed by atoms with Crippen LogP contribution in [0.2, 0.25) is 0 Å². The van der Waals surface area contributed by atoms with E-state index in [4.69, 9.17) is 5.14 Å². The van der Waals surface area contributed by atoms with Crippen LogP contribution in [0.4, 0.5) is 0 Å². The molecule has 1 fully saturated rings. The zero-order chi connectivity index (χ0) is 13.6. The maximum atomic E-state index is 10.7. The maximum Gasteiger partial charge on any atom is 0.238 e. The van der Waals surface area contributed by atoms with Gasteiger partial charge in [-0.15, -0.1) is 0 Å². The van der Waals surface area contributed by atoms with Crippen molar-refractivity contribution < 1.29 is 13.2 Å². The molecular formula is C12H18N2O3S. The summed E-state index contributed by atoms with van der Waals surface area (Å²) in [7, 11) is -3.52. The fraction of sp³-hybridized carbons (Fsp3) is 0.417. The van der Waals surface area contributed by atoms with Crippen molar-refractivity contribution in [3.05, 3.63) is 29.8 Å². The van der Waals surface area contributed by atoms with Crippen LogP contribution in [0.5, 0.6) is 0 Å². The molecule has 18 heavy (non-hydrogen) atoms. The highest BCUT2D eigenvalue weighted by Gasteiger charge is 2.05. The van der Waals surface area contributed by atoms with E-state index in [0.29, 0.717) is 0 Å². The zero-order valence-corrected chi connectivity index (χ0v) is 11.2. The largest absolute Gasteiger partial charge is 0.356 e. The first-order chi connectivity index (χ1) is 8.39. The van der Waals surface area contributed by atoms with Gasteiger partial charge in [0.05, 0.1) is 4.90 Å². The molecule has 1 aliphatic rings. The summed E-state index contributed by atoms with van der Waals surface area (Å²) in [6.45, 7) is 2.77. The second-order valence-corrected chi connectivity index (χ2v) is 5.73. The first-order valence-corrected chi connectivity index (χ1v) is 7.30. The van der Waals surface area contributed by atoms with E-state index in [1.54, 1.807) is 12.1 Å². The molecule has 0 saturated carbocycles. The molecule has 100 valence electrons. The Morgan fingerprint density at radius 2 is 1.78 bits per heavy atom. The Kier molecular flexibility index (Phi) is 5.30. The zero-order valence-electron chi connectivity index (χ0n) is 10.3. The lowest BCUT2D eigenvalue weighted by atomic mass is 10.2. The van der Waals surface area contributed by atoms with Crippen LogP contribution in [0.15, 0.2) is 29.2 Å². The average Bonchev–Trinajstić information content (AvgIpc) is 2.30. The molecule has 0 unspecified atom stereocenters. The molecule has 1 saturated heterocycles. The van der Waals surface area contributed by atoms with Gasteiger partial charge in [0, 0.05) is 13.0 Å². The predicted molar refractivity (Wildman–Crippen MR) is 69.4 cm³/mol. The Bertz CT molecular complexity index is 487. The molecule has 1 heterocycles. The Morgan fingerprint density at radius 3 is 2.11 bits per heavy atom. The van der Waals surface area contributed by atoms with E-state index in [2.05, 4.69) is 5.32 Å². The van der Waals surface area contributed by atoms with Crippen molar-refractivity contribution in [1.82, 2.24) is 5.32 Å². The summed E-state index contributed by atoms with van der Waals surface area (Å²) < 4.78 is 21.4. The Labute approximate surface area is 107 Å². The van der Waals surface area contributed by atoms with E-state index in [0.717, 1.165) is 31.4 Å². The smallest absolute Gasteiger partial charge is 0.238 e. The number of hydrogen-bond donors (Lipinski definition) is 2. The van der Waals surface area contributed by atoms with E-state index < -0.39 is 10.0 Å². The lowest BCUT2D eigenvalue weighted by Gasteiger charge is -2.08. The number of aryl methyl sites for hydroxylation is 1. The Morgan fingerprint density at radius 1 is 1.17 bits per heavy atom. The fourth-order valence-corrected chi connectivity index (χ4v) is 1.97. The minimum absolute atomic E-state index is 0.156. The van der Waals surface area contributed by atoms with Crippen LogP contribution < -0.4 is 10.5 Å². The third-order valence-corrected chi connectivity index (χ3v) is 3.43. The predicted octanol–water partition coefficient (Wildman–Crippen LogP) is 0.929. The van der Waals surface area contributed by atoms with Gasteiger partial charge in [0.2, 0.25) is 15.9 Å². The van der Waals surface area contributed by atoms with E-state index in [-0.39, 0.29) is 10.8 Å². The molecule has 0 aromatic heterocycles. The number of hydrogen-bond acceptors (Lipinski definition) is 3.